The molecule has 1 rings (SSSR count). The molecule has 1 aromatic rings. The lowest BCUT2D eigenvalue weighted by molar-refractivity contribution is -0.123. The first-order valence-electron chi connectivity index (χ1n) is 5.72. The van der Waals surface area contributed by atoms with Gasteiger partial charge in [-0.1, -0.05) is 11.6 Å². The van der Waals surface area contributed by atoms with Gasteiger partial charge in [0.25, 0.3) is 0 Å². The van der Waals surface area contributed by atoms with Crippen molar-refractivity contribution in [3.8, 4) is 0 Å². The zero-order valence-corrected chi connectivity index (χ0v) is 12.1. The lowest BCUT2D eigenvalue weighted by atomic mass is 9.96. The second-order valence-electron chi connectivity index (χ2n) is 4.19. The number of aromatic nitrogens is 1. The molecule has 0 fully saturated rings. The van der Waals surface area contributed by atoms with Gasteiger partial charge in [0.05, 0.1) is 10.6 Å². The first-order chi connectivity index (χ1) is 8.49. The normalized spacial score (nSPS) is 14.2. The summed E-state index contributed by atoms with van der Waals surface area (Å²) in [5.74, 6) is 0.521. The number of nitrogens with two attached hydrogens (primary N) is 1. The molecule has 0 aliphatic carbocycles. The summed E-state index contributed by atoms with van der Waals surface area (Å²) in [7, 11) is 1.74. The van der Waals surface area contributed by atoms with Crippen LogP contribution in [-0.2, 0) is 4.79 Å². The minimum atomic E-state index is -0.644. The first kappa shape index (κ1) is 15.3. The third kappa shape index (κ3) is 4.15. The molecular weight excluding hydrogens is 270 g/mol. The van der Waals surface area contributed by atoms with Gasteiger partial charge in [-0.2, -0.15) is 0 Å². The molecule has 0 spiro atoms. The number of likely N-dealkylation sites (N-methyl/N-ethyl adjacent to an activating group) is 1. The van der Waals surface area contributed by atoms with Crippen LogP contribution >= 0.6 is 23.4 Å². The summed E-state index contributed by atoms with van der Waals surface area (Å²) >= 11 is 7.59. The molecular formula is C12H18ClN3OS. The number of amides is 1. The first-order valence-corrected chi connectivity index (χ1v) is 7.08. The van der Waals surface area contributed by atoms with Crippen LogP contribution in [-0.4, -0.2) is 29.2 Å². The molecule has 0 aliphatic heterocycles. The van der Waals surface area contributed by atoms with Crippen LogP contribution in [0.4, 0.5) is 0 Å². The van der Waals surface area contributed by atoms with E-state index in [-0.39, 0.29) is 5.91 Å². The smallest absolute Gasteiger partial charge is 0.237 e. The van der Waals surface area contributed by atoms with Crippen LogP contribution in [0.2, 0.25) is 5.02 Å². The molecule has 1 unspecified atom stereocenters. The van der Waals surface area contributed by atoms with Crippen LogP contribution in [0.3, 0.4) is 0 Å². The van der Waals surface area contributed by atoms with Crippen molar-refractivity contribution < 1.29 is 4.79 Å². The van der Waals surface area contributed by atoms with Gasteiger partial charge < -0.3 is 11.1 Å². The summed E-state index contributed by atoms with van der Waals surface area (Å²) in [5, 5.41) is 4.45. The van der Waals surface area contributed by atoms with Crippen LogP contribution in [0.1, 0.15) is 19.8 Å². The van der Waals surface area contributed by atoms with Gasteiger partial charge in [-0.05, 0) is 44.7 Å². The lowest BCUT2D eigenvalue weighted by Crippen LogP contribution is -2.51. The monoisotopic (exact) mass is 287 g/mol. The molecule has 0 saturated carbocycles. The Morgan fingerprint density at radius 3 is 2.94 bits per heavy atom. The van der Waals surface area contributed by atoms with Gasteiger partial charge in [-0.3, -0.25) is 4.79 Å². The van der Waals surface area contributed by atoms with E-state index in [1.807, 2.05) is 13.0 Å². The minimum Gasteiger partial charge on any atom is -0.368 e. The van der Waals surface area contributed by atoms with Gasteiger partial charge in [0.1, 0.15) is 5.03 Å². The Labute approximate surface area is 117 Å². The SMILES string of the molecule is CNC(C)(CCCSc1ncccc1Cl)C(N)=O. The average molecular weight is 288 g/mol. The molecule has 100 valence electrons. The molecule has 0 aromatic carbocycles. The highest BCUT2D eigenvalue weighted by Gasteiger charge is 2.27. The number of halogens is 1. The second kappa shape index (κ2) is 6.97. The highest BCUT2D eigenvalue weighted by atomic mass is 35.5. The predicted octanol–water partition coefficient (Wildman–Crippen LogP) is 2.07. The van der Waals surface area contributed by atoms with E-state index in [1.165, 1.54) is 0 Å². The van der Waals surface area contributed by atoms with E-state index < -0.39 is 5.54 Å². The Balaban J connectivity index is 2.39. The van der Waals surface area contributed by atoms with E-state index in [0.29, 0.717) is 11.4 Å². The Morgan fingerprint density at radius 2 is 2.39 bits per heavy atom. The van der Waals surface area contributed by atoms with E-state index in [9.17, 15) is 4.79 Å². The van der Waals surface area contributed by atoms with Crippen molar-refractivity contribution in [1.29, 1.82) is 0 Å². The fourth-order valence-electron chi connectivity index (χ4n) is 1.44. The van der Waals surface area contributed by atoms with Gasteiger partial charge in [-0.25, -0.2) is 4.98 Å². The molecule has 1 heterocycles. The predicted molar refractivity (Wildman–Crippen MR) is 75.9 cm³/mol. The Bertz CT molecular complexity index is 416. The number of pyridine rings is 1. The van der Waals surface area contributed by atoms with Crippen molar-refractivity contribution >= 4 is 29.3 Å². The van der Waals surface area contributed by atoms with Crippen molar-refractivity contribution in [2.45, 2.75) is 30.3 Å². The minimum absolute atomic E-state index is 0.328. The molecule has 3 N–H and O–H groups in total. The fourth-order valence-corrected chi connectivity index (χ4v) is 2.55. The quantitative estimate of drug-likeness (QED) is 0.595. The van der Waals surface area contributed by atoms with Crippen LogP contribution in [0.15, 0.2) is 23.4 Å². The van der Waals surface area contributed by atoms with Gasteiger partial charge in [0.2, 0.25) is 5.91 Å². The van der Waals surface area contributed by atoms with Gasteiger partial charge in [0.15, 0.2) is 0 Å². The zero-order valence-electron chi connectivity index (χ0n) is 10.6. The number of nitrogens with zero attached hydrogens (tertiary/aromatic N) is 1. The Hall–Kier alpha value is -0.780. The number of hydrogen-bond donors (Lipinski definition) is 2. The summed E-state index contributed by atoms with van der Waals surface area (Å²) in [6.07, 6.45) is 3.27. The third-order valence-corrected chi connectivity index (χ3v) is 4.39. The van der Waals surface area contributed by atoms with Crippen LogP contribution in [0.5, 0.6) is 0 Å². The zero-order chi connectivity index (χ0) is 13.6. The molecule has 1 amide bonds. The van der Waals surface area contributed by atoms with E-state index in [4.69, 9.17) is 17.3 Å². The topological polar surface area (TPSA) is 68.0 Å². The molecule has 1 atom stereocenters. The highest BCUT2D eigenvalue weighted by Crippen LogP contribution is 2.25. The standard InChI is InChI=1S/C12H18ClN3OS/c1-12(15-2,11(14)17)6-4-8-18-10-9(13)5-3-7-16-10/h3,5,7,15H,4,6,8H2,1-2H3,(H2,14,17). The summed E-state index contributed by atoms with van der Waals surface area (Å²) < 4.78 is 0. The number of carbonyl (C=O) groups excluding carboxylic acids is 1. The van der Waals surface area contributed by atoms with E-state index >= 15 is 0 Å². The molecule has 0 bridgehead atoms. The summed E-state index contributed by atoms with van der Waals surface area (Å²) in [6.45, 7) is 1.81. The number of rotatable bonds is 7. The lowest BCUT2D eigenvalue weighted by Gasteiger charge is -2.25. The second-order valence-corrected chi connectivity index (χ2v) is 5.68. The Morgan fingerprint density at radius 1 is 1.67 bits per heavy atom. The van der Waals surface area contributed by atoms with E-state index in [0.717, 1.165) is 17.2 Å². The van der Waals surface area contributed by atoms with Crippen molar-refractivity contribution in [2.24, 2.45) is 5.73 Å². The Kier molecular flexibility index (Phi) is 5.91. The number of primary amides is 1. The fraction of sp³-hybridized carbons (Fsp3) is 0.500. The molecule has 0 aliphatic rings. The van der Waals surface area contributed by atoms with Crippen LogP contribution < -0.4 is 11.1 Å². The molecule has 4 nitrogen and oxygen atoms in total. The maximum atomic E-state index is 11.3. The van der Waals surface area contributed by atoms with Gasteiger partial charge in [0, 0.05) is 6.20 Å². The van der Waals surface area contributed by atoms with Crippen LogP contribution in [0.25, 0.3) is 0 Å². The number of thioether (sulfide) groups is 1. The molecule has 18 heavy (non-hydrogen) atoms. The highest BCUT2D eigenvalue weighted by molar-refractivity contribution is 7.99. The van der Waals surface area contributed by atoms with Crippen molar-refractivity contribution in [2.75, 3.05) is 12.8 Å². The van der Waals surface area contributed by atoms with Crippen LogP contribution in [0, 0.1) is 0 Å². The number of carbonyl (C=O) groups is 1. The van der Waals surface area contributed by atoms with E-state index in [1.54, 1.807) is 31.1 Å². The summed E-state index contributed by atoms with van der Waals surface area (Å²) in [4.78, 5) is 15.5. The molecule has 6 heteroatoms. The summed E-state index contributed by atoms with van der Waals surface area (Å²) in [5.41, 5.74) is 4.71. The molecule has 1 aromatic heterocycles. The van der Waals surface area contributed by atoms with Crippen molar-refractivity contribution in [3.63, 3.8) is 0 Å². The maximum Gasteiger partial charge on any atom is 0.237 e. The third-order valence-electron chi connectivity index (χ3n) is 2.88. The number of nitrogens with one attached hydrogen (secondary N) is 1. The largest absolute Gasteiger partial charge is 0.368 e. The van der Waals surface area contributed by atoms with Gasteiger partial charge in [-0.15, -0.1) is 11.8 Å². The van der Waals surface area contributed by atoms with Gasteiger partial charge >= 0.3 is 0 Å². The number of hydrogen-bond acceptors (Lipinski definition) is 4. The average Bonchev–Trinajstić information content (AvgIpc) is 2.36. The van der Waals surface area contributed by atoms with E-state index in [2.05, 4.69) is 10.3 Å². The summed E-state index contributed by atoms with van der Waals surface area (Å²) in [6, 6.07) is 3.62. The van der Waals surface area contributed by atoms with Crippen molar-refractivity contribution in [3.05, 3.63) is 23.4 Å². The van der Waals surface area contributed by atoms with Crippen molar-refractivity contribution in [1.82, 2.24) is 10.3 Å². The molecule has 0 saturated heterocycles. The molecule has 0 radical (unpaired) electrons. The maximum absolute atomic E-state index is 11.3.